The number of rotatable bonds is 2. The summed E-state index contributed by atoms with van der Waals surface area (Å²) in [4.78, 5) is 28.0. The van der Waals surface area contributed by atoms with Crippen molar-refractivity contribution in [2.45, 2.75) is 29.0 Å². The smallest absolute Gasteiger partial charge is 0.233 e. The predicted molar refractivity (Wildman–Crippen MR) is 90.7 cm³/mol. The maximum Gasteiger partial charge on any atom is 0.233 e. The van der Waals surface area contributed by atoms with Gasteiger partial charge in [-0.05, 0) is 30.7 Å². The minimum absolute atomic E-state index is 0.0303. The van der Waals surface area contributed by atoms with E-state index in [-0.39, 0.29) is 41.5 Å². The van der Waals surface area contributed by atoms with Crippen LogP contribution >= 0.6 is 31.9 Å². The topological polar surface area (TPSA) is 37.4 Å². The third-order valence-corrected chi connectivity index (χ3v) is 8.90. The molecule has 1 aromatic carbocycles. The van der Waals surface area contributed by atoms with Gasteiger partial charge in [-0.1, -0.05) is 62.2 Å². The Balaban J connectivity index is 1.67. The van der Waals surface area contributed by atoms with Gasteiger partial charge < -0.3 is 0 Å². The van der Waals surface area contributed by atoms with E-state index in [2.05, 4.69) is 31.9 Å². The van der Waals surface area contributed by atoms with Crippen LogP contribution in [0.3, 0.4) is 0 Å². The first-order valence-electron chi connectivity index (χ1n) is 7.72. The molecule has 3 aliphatic rings. The number of hydrogen-bond donors (Lipinski definition) is 0. The molecule has 4 rings (SSSR count). The lowest BCUT2D eigenvalue weighted by Gasteiger charge is -2.28. The van der Waals surface area contributed by atoms with Crippen LogP contribution in [0.2, 0.25) is 0 Å². The first kappa shape index (κ1) is 14.9. The molecule has 0 spiro atoms. The molecule has 3 nitrogen and oxygen atoms in total. The number of carbonyl (C=O) groups excluding carboxylic acids is 2. The molecule has 2 aliphatic carbocycles. The van der Waals surface area contributed by atoms with Gasteiger partial charge in [0.1, 0.15) is 0 Å². The van der Waals surface area contributed by atoms with E-state index in [1.54, 1.807) is 0 Å². The van der Waals surface area contributed by atoms with Gasteiger partial charge in [0.25, 0.3) is 0 Å². The number of nitrogens with zero attached hydrogens (tertiary/aromatic N) is 1. The van der Waals surface area contributed by atoms with E-state index in [9.17, 15) is 9.59 Å². The van der Waals surface area contributed by atoms with Gasteiger partial charge in [0.2, 0.25) is 11.8 Å². The zero-order chi connectivity index (χ0) is 15.6. The van der Waals surface area contributed by atoms with Crippen LogP contribution in [0, 0.1) is 23.7 Å². The van der Waals surface area contributed by atoms with Crippen LogP contribution < -0.4 is 0 Å². The van der Waals surface area contributed by atoms with Crippen molar-refractivity contribution in [1.29, 1.82) is 0 Å². The lowest BCUT2D eigenvalue weighted by molar-refractivity contribution is -0.143. The molecule has 5 heteroatoms. The maximum atomic E-state index is 12.9. The molecule has 2 amide bonds. The molecule has 116 valence electrons. The molecule has 2 bridgehead atoms. The van der Waals surface area contributed by atoms with Crippen LogP contribution in [-0.2, 0) is 9.59 Å². The zero-order valence-electron chi connectivity index (χ0n) is 12.2. The number of benzene rings is 1. The van der Waals surface area contributed by atoms with Crippen molar-refractivity contribution in [2.24, 2.45) is 23.7 Å². The number of halogens is 2. The Morgan fingerprint density at radius 1 is 1.00 bits per heavy atom. The van der Waals surface area contributed by atoms with Crippen LogP contribution in [0.25, 0.3) is 0 Å². The predicted octanol–water partition coefficient (Wildman–Crippen LogP) is 3.53. The van der Waals surface area contributed by atoms with E-state index in [4.69, 9.17) is 0 Å². The normalized spacial score (nSPS) is 41.1. The summed E-state index contributed by atoms with van der Waals surface area (Å²) in [5.74, 6) is 0.377. The molecule has 3 fully saturated rings. The highest BCUT2D eigenvalue weighted by atomic mass is 79.9. The van der Waals surface area contributed by atoms with Crippen LogP contribution in [0.4, 0.5) is 0 Å². The van der Waals surface area contributed by atoms with E-state index in [1.165, 1.54) is 4.90 Å². The summed E-state index contributed by atoms with van der Waals surface area (Å²) in [5, 5.41) is 0. The third kappa shape index (κ3) is 1.84. The second-order valence-corrected chi connectivity index (χ2v) is 8.75. The molecule has 0 N–H and O–H groups in total. The molecular weight excluding hydrogens is 410 g/mol. The fourth-order valence-electron chi connectivity index (χ4n) is 4.63. The van der Waals surface area contributed by atoms with Crippen molar-refractivity contribution >= 4 is 43.7 Å². The van der Waals surface area contributed by atoms with Crippen LogP contribution in [0.15, 0.2) is 30.3 Å². The lowest BCUT2D eigenvalue weighted by Crippen LogP contribution is -2.37. The summed E-state index contributed by atoms with van der Waals surface area (Å²) in [5.41, 5.74) is 1.02. The van der Waals surface area contributed by atoms with Gasteiger partial charge in [0.05, 0.1) is 17.9 Å². The number of amides is 2. The molecule has 2 saturated carbocycles. The van der Waals surface area contributed by atoms with Crippen LogP contribution in [0.1, 0.15) is 24.9 Å². The second kappa shape index (κ2) is 5.17. The molecule has 7 atom stereocenters. The minimum atomic E-state index is -0.186. The highest BCUT2D eigenvalue weighted by Crippen LogP contribution is 2.60. The van der Waals surface area contributed by atoms with Crippen molar-refractivity contribution in [3.63, 3.8) is 0 Å². The lowest BCUT2D eigenvalue weighted by atomic mass is 9.81. The van der Waals surface area contributed by atoms with E-state index in [1.807, 2.05) is 37.3 Å². The number of hydrogen-bond acceptors (Lipinski definition) is 2. The average molecular weight is 427 g/mol. The first-order valence-corrected chi connectivity index (χ1v) is 9.55. The van der Waals surface area contributed by atoms with Crippen LogP contribution in [-0.4, -0.2) is 26.4 Å². The van der Waals surface area contributed by atoms with Gasteiger partial charge in [-0.3, -0.25) is 14.5 Å². The summed E-state index contributed by atoms with van der Waals surface area (Å²) < 4.78 is 0. The molecule has 7 unspecified atom stereocenters. The first-order chi connectivity index (χ1) is 10.5. The minimum Gasteiger partial charge on any atom is -0.275 e. The van der Waals surface area contributed by atoms with Gasteiger partial charge in [-0.2, -0.15) is 0 Å². The summed E-state index contributed by atoms with van der Waals surface area (Å²) in [6.45, 7) is 1.95. The number of likely N-dealkylation sites (tertiary alicyclic amines) is 1. The van der Waals surface area contributed by atoms with Crippen molar-refractivity contribution < 1.29 is 9.59 Å². The SMILES string of the molecule is CC(c1ccccc1)N1C(=O)C2C3CC(C(Br)C3Br)C2C1=O. The summed E-state index contributed by atoms with van der Waals surface area (Å²) in [7, 11) is 0. The zero-order valence-corrected chi connectivity index (χ0v) is 15.3. The van der Waals surface area contributed by atoms with Gasteiger partial charge in [0, 0.05) is 9.65 Å². The molecule has 1 aliphatic heterocycles. The number of carbonyl (C=O) groups is 2. The fraction of sp³-hybridized carbons (Fsp3) is 0.529. The molecule has 1 saturated heterocycles. The fourth-order valence-corrected chi connectivity index (χ4v) is 6.51. The quantitative estimate of drug-likeness (QED) is 0.535. The largest absolute Gasteiger partial charge is 0.275 e. The van der Waals surface area contributed by atoms with Gasteiger partial charge in [-0.25, -0.2) is 0 Å². The molecule has 0 radical (unpaired) electrons. The average Bonchev–Trinajstić information content (AvgIpc) is 3.13. The van der Waals surface area contributed by atoms with Crippen molar-refractivity contribution in [2.75, 3.05) is 0 Å². The van der Waals surface area contributed by atoms with Crippen molar-refractivity contribution in [3.8, 4) is 0 Å². The Morgan fingerprint density at radius 3 is 2.00 bits per heavy atom. The van der Waals surface area contributed by atoms with Gasteiger partial charge in [-0.15, -0.1) is 0 Å². The Morgan fingerprint density at radius 2 is 1.50 bits per heavy atom. The molecule has 1 heterocycles. The van der Waals surface area contributed by atoms with Crippen molar-refractivity contribution in [3.05, 3.63) is 35.9 Å². The molecular formula is C17H17Br2NO2. The number of fused-ring (bicyclic) bond motifs is 5. The molecule has 1 aromatic rings. The summed E-state index contributed by atoms with van der Waals surface area (Å²) in [6, 6.07) is 9.62. The maximum absolute atomic E-state index is 12.9. The van der Waals surface area contributed by atoms with E-state index in [0.717, 1.165) is 12.0 Å². The Hall–Kier alpha value is -0.680. The Labute approximate surface area is 146 Å². The monoisotopic (exact) mass is 425 g/mol. The Kier molecular flexibility index (Phi) is 3.49. The second-order valence-electron chi connectivity index (χ2n) is 6.64. The highest BCUT2D eigenvalue weighted by molar-refractivity contribution is 9.12. The van der Waals surface area contributed by atoms with Gasteiger partial charge >= 0.3 is 0 Å². The van der Waals surface area contributed by atoms with E-state index in [0.29, 0.717) is 9.65 Å². The number of alkyl halides is 2. The van der Waals surface area contributed by atoms with Gasteiger partial charge in [0.15, 0.2) is 0 Å². The highest BCUT2D eigenvalue weighted by Gasteiger charge is 2.66. The third-order valence-electron chi connectivity index (χ3n) is 5.69. The number of imide groups is 1. The molecule has 22 heavy (non-hydrogen) atoms. The molecule has 0 aromatic heterocycles. The van der Waals surface area contributed by atoms with E-state index < -0.39 is 0 Å². The van der Waals surface area contributed by atoms with Crippen molar-refractivity contribution in [1.82, 2.24) is 4.90 Å². The van der Waals surface area contributed by atoms with Crippen LogP contribution in [0.5, 0.6) is 0 Å². The summed E-state index contributed by atoms with van der Waals surface area (Å²) in [6.07, 6.45) is 0.978. The Bertz CT molecular complexity index is 603. The summed E-state index contributed by atoms with van der Waals surface area (Å²) >= 11 is 7.44. The standard InChI is InChI=1S/C17H17Br2NO2/c1-8(9-5-3-2-4-6-9)20-16(21)12-10-7-11(13(12)17(20)22)15(19)14(10)18/h2-6,8,10-15H,7H2,1H3. The van der Waals surface area contributed by atoms with E-state index >= 15 is 0 Å².